The third kappa shape index (κ3) is 4.59. The number of carboxylic acid groups (broad SMARTS) is 1. The number of likely N-dealkylation sites (tertiary alicyclic amines) is 2. The van der Waals surface area contributed by atoms with E-state index in [9.17, 15) is 19.5 Å². The number of para-hydroxylation sites is 1. The molecule has 27 heavy (non-hydrogen) atoms. The van der Waals surface area contributed by atoms with Gasteiger partial charge in [-0.3, -0.25) is 14.4 Å². The molecule has 2 fully saturated rings. The lowest BCUT2D eigenvalue weighted by Gasteiger charge is -2.33. The second kappa shape index (κ2) is 8.41. The number of hydrogen-bond acceptors (Lipinski definition) is 4. The van der Waals surface area contributed by atoms with Gasteiger partial charge in [-0.05, 0) is 30.9 Å². The van der Waals surface area contributed by atoms with Crippen LogP contribution in [0, 0.1) is 17.8 Å². The van der Waals surface area contributed by atoms with Crippen LogP contribution in [0.4, 0.5) is 0 Å². The van der Waals surface area contributed by atoms with Gasteiger partial charge in [-0.25, -0.2) is 0 Å². The minimum absolute atomic E-state index is 0.00738. The highest BCUT2D eigenvalue weighted by atomic mass is 16.5. The lowest BCUT2D eigenvalue weighted by molar-refractivity contribution is -0.143. The first-order valence-electron chi connectivity index (χ1n) is 9.43. The summed E-state index contributed by atoms with van der Waals surface area (Å²) in [4.78, 5) is 39.7. The Bertz CT molecular complexity index is 685. The first-order valence-corrected chi connectivity index (χ1v) is 9.43. The summed E-state index contributed by atoms with van der Waals surface area (Å²) in [6.07, 6.45) is 1.22. The molecule has 1 aromatic carbocycles. The molecule has 0 aromatic heterocycles. The van der Waals surface area contributed by atoms with Crippen molar-refractivity contribution in [2.24, 2.45) is 17.8 Å². The number of benzene rings is 1. The second-order valence-corrected chi connectivity index (χ2v) is 7.42. The predicted octanol–water partition coefficient (Wildman–Crippen LogP) is 1.48. The summed E-state index contributed by atoms with van der Waals surface area (Å²) in [6.45, 7) is 3.71. The third-order valence-electron chi connectivity index (χ3n) is 5.54. The fraction of sp³-hybridized carbons (Fsp3) is 0.550. The van der Waals surface area contributed by atoms with Crippen LogP contribution in [0.3, 0.4) is 0 Å². The summed E-state index contributed by atoms with van der Waals surface area (Å²) < 4.78 is 5.50. The molecule has 2 atom stereocenters. The van der Waals surface area contributed by atoms with Gasteiger partial charge in [0.15, 0.2) is 6.61 Å². The SMILES string of the molecule is C[C@@H]1CN(C(=O)C2CCN(C(=O)COc3ccccc3)CC2)C[C@H]1C(=O)O. The zero-order valence-corrected chi connectivity index (χ0v) is 15.5. The number of hydrogen-bond donors (Lipinski definition) is 1. The Morgan fingerprint density at radius 1 is 1.07 bits per heavy atom. The average Bonchev–Trinajstić information content (AvgIpc) is 3.08. The van der Waals surface area contributed by atoms with Gasteiger partial charge >= 0.3 is 5.97 Å². The van der Waals surface area contributed by atoms with Crippen molar-refractivity contribution >= 4 is 17.8 Å². The van der Waals surface area contributed by atoms with E-state index in [1.807, 2.05) is 25.1 Å². The van der Waals surface area contributed by atoms with E-state index in [4.69, 9.17) is 4.74 Å². The lowest BCUT2D eigenvalue weighted by Crippen LogP contribution is -2.45. The molecule has 1 aromatic rings. The summed E-state index contributed by atoms with van der Waals surface area (Å²) in [5, 5.41) is 9.23. The first kappa shape index (κ1) is 19.2. The van der Waals surface area contributed by atoms with E-state index in [2.05, 4.69) is 0 Å². The van der Waals surface area contributed by atoms with Crippen LogP contribution in [0.2, 0.25) is 0 Å². The first-order chi connectivity index (χ1) is 13.0. The lowest BCUT2D eigenvalue weighted by atomic mass is 9.95. The molecule has 7 heteroatoms. The molecule has 0 aliphatic carbocycles. The Morgan fingerprint density at radius 2 is 1.74 bits per heavy atom. The van der Waals surface area contributed by atoms with Gasteiger partial charge in [0.25, 0.3) is 5.91 Å². The van der Waals surface area contributed by atoms with Gasteiger partial charge in [0.05, 0.1) is 5.92 Å². The van der Waals surface area contributed by atoms with Crippen molar-refractivity contribution < 1.29 is 24.2 Å². The number of nitrogens with zero attached hydrogens (tertiary/aromatic N) is 2. The second-order valence-electron chi connectivity index (χ2n) is 7.42. The Balaban J connectivity index is 1.45. The molecule has 2 aliphatic rings. The van der Waals surface area contributed by atoms with Crippen molar-refractivity contribution in [2.45, 2.75) is 19.8 Å². The van der Waals surface area contributed by atoms with Gasteiger partial charge in [0.2, 0.25) is 5.91 Å². The topological polar surface area (TPSA) is 87.2 Å². The standard InChI is InChI=1S/C20H26N2O5/c1-14-11-22(12-17(14)20(25)26)19(24)15-7-9-21(10-8-15)18(23)13-27-16-5-3-2-4-6-16/h2-6,14-15,17H,7-13H2,1H3,(H,25,26)/t14-,17-/m1/s1. The number of piperidine rings is 1. The van der Waals surface area contributed by atoms with Crippen LogP contribution in [0.1, 0.15) is 19.8 Å². The fourth-order valence-electron chi connectivity index (χ4n) is 3.86. The molecule has 0 spiro atoms. The summed E-state index contributed by atoms with van der Waals surface area (Å²) in [5.41, 5.74) is 0. The minimum atomic E-state index is -0.836. The Morgan fingerprint density at radius 3 is 2.33 bits per heavy atom. The quantitative estimate of drug-likeness (QED) is 0.844. The number of ether oxygens (including phenoxy) is 1. The monoisotopic (exact) mass is 374 g/mol. The number of rotatable bonds is 5. The van der Waals surface area contributed by atoms with Crippen LogP contribution in [0.25, 0.3) is 0 Å². The molecule has 0 bridgehead atoms. The van der Waals surface area contributed by atoms with Gasteiger partial charge in [-0.15, -0.1) is 0 Å². The molecule has 2 saturated heterocycles. The van der Waals surface area contributed by atoms with Gasteiger partial charge in [-0.2, -0.15) is 0 Å². The number of aliphatic carboxylic acids is 1. The van der Waals surface area contributed by atoms with Crippen LogP contribution in [-0.4, -0.2) is 65.5 Å². The summed E-state index contributed by atoms with van der Waals surface area (Å²) >= 11 is 0. The Kier molecular flexibility index (Phi) is 5.98. The zero-order chi connectivity index (χ0) is 19.4. The summed E-state index contributed by atoms with van der Waals surface area (Å²) in [6, 6.07) is 9.20. The number of carboxylic acids is 1. The maximum absolute atomic E-state index is 12.7. The molecular formula is C20H26N2O5. The number of carbonyl (C=O) groups excluding carboxylic acids is 2. The average molecular weight is 374 g/mol. The molecule has 2 amide bonds. The summed E-state index contributed by atoms with van der Waals surface area (Å²) in [5.74, 6) is -0.870. The van der Waals surface area contributed by atoms with E-state index in [0.717, 1.165) is 0 Å². The molecule has 3 rings (SSSR count). The van der Waals surface area contributed by atoms with Crippen LogP contribution >= 0.6 is 0 Å². The van der Waals surface area contributed by atoms with Gasteiger partial charge < -0.3 is 19.6 Å². The van der Waals surface area contributed by atoms with Crippen LogP contribution in [0.5, 0.6) is 5.75 Å². The van der Waals surface area contributed by atoms with Crippen molar-refractivity contribution in [1.82, 2.24) is 9.80 Å². The van der Waals surface area contributed by atoms with Gasteiger partial charge in [0.1, 0.15) is 5.75 Å². The predicted molar refractivity (Wildman–Crippen MR) is 98.1 cm³/mol. The Hall–Kier alpha value is -2.57. The highest BCUT2D eigenvalue weighted by molar-refractivity contribution is 5.82. The molecule has 2 heterocycles. The zero-order valence-electron chi connectivity index (χ0n) is 15.5. The van der Waals surface area contributed by atoms with Crippen LogP contribution in [-0.2, 0) is 14.4 Å². The molecule has 0 radical (unpaired) electrons. The molecule has 1 N–H and O–H groups in total. The van der Waals surface area contributed by atoms with E-state index in [0.29, 0.717) is 44.8 Å². The highest BCUT2D eigenvalue weighted by Crippen LogP contribution is 2.27. The van der Waals surface area contributed by atoms with E-state index < -0.39 is 11.9 Å². The molecule has 0 unspecified atom stereocenters. The van der Waals surface area contributed by atoms with Gasteiger partial charge in [0, 0.05) is 32.1 Å². The van der Waals surface area contributed by atoms with Gasteiger partial charge in [-0.1, -0.05) is 25.1 Å². The van der Waals surface area contributed by atoms with Crippen LogP contribution < -0.4 is 4.74 Å². The molecule has 7 nitrogen and oxygen atoms in total. The molecule has 0 saturated carbocycles. The van der Waals surface area contributed by atoms with Crippen molar-refractivity contribution in [1.29, 1.82) is 0 Å². The van der Waals surface area contributed by atoms with Crippen molar-refractivity contribution in [2.75, 3.05) is 32.8 Å². The van der Waals surface area contributed by atoms with Crippen LogP contribution in [0.15, 0.2) is 30.3 Å². The fourth-order valence-corrected chi connectivity index (χ4v) is 3.86. The molecule has 2 aliphatic heterocycles. The Labute approximate surface area is 158 Å². The maximum Gasteiger partial charge on any atom is 0.308 e. The number of carbonyl (C=O) groups is 3. The van der Waals surface area contributed by atoms with Crippen molar-refractivity contribution in [3.8, 4) is 5.75 Å². The molecule has 146 valence electrons. The highest BCUT2D eigenvalue weighted by Gasteiger charge is 2.39. The van der Waals surface area contributed by atoms with E-state index >= 15 is 0 Å². The number of amides is 2. The van der Waals surface area contributed by atoms with Crippen molar-refractivity contribution in [3.63, 3.8) is 0 Å². The minimum Gasteiger partial charge on any atom is -0.484 e. The van der Waals surface area contributed by atoms with E-state index in [1.54, 1.807) is 21.9 Å². The summed E-state index contributed by atoms with van der Waals surface area (Å²) in [7, 11) is 0. The van der Waals surface area contributed by atoms with E-state index in [1.165, 1.54) is 0 Å². The molecular weight excluding hydrogens is 348 g/mol. The largest absolute Gasteiger partial charge is 0.484 e. The normalized spacial score (nSPS) is 23.3. The maximum atomic E-state index is 12.7. The third-order valence-corrected chi connectivity index (χ3v) is 5.54. The van der Waals surface area contributed by atoms with E-state index in [-0.39, 0.29) is 30.3 Å². The smallest absolute Gasteiger partial charge is 0.308 e. The van der Waals surface area contributed by atoms with Crippen molar-refractivity contribution in [3.05, 3.63) is 30.3 Å².